The van der Waals surface area contributed by atoms with E-state index in [1.54, 1.807) is 18.2 Å². The molecule has 1 amide bonds. The number of hydrogen-bond donors (Lipinski definition) is 1. The molecule has 0 aliphatic carbocycles. The van der Waals surface area contributed by atoms with Gasteiger partial charge < -0.3 is 9.73 Å². The molecule has 1 aromatic heterocycles. The summed E-state index contributed by atoms with van der Waals surface area (Å²) in [5, 5.41) is 2.56. The van der Waals surface area contributed by atoms with Crippen LogP contribution in [0.5, 0.6) is 0 Å². The fourth-order valence-electron chi connectivity index (χ4n) is 2.24. The lowest BCUT2D eigenvalue weighted by molar-refractivity contribution is 0.0997. The Bertz CT molecular complexity index is 809. The molecule has 0 fully saturated rings. The van der Waals surface area contributed by atoms with E-state index >= 15 is 0 Å². The molecule has 0 aliphatic rings. The van der Waals surface area contributed by atoms with Crippen LogP contribution in [-0.2, 0) is 0 Å². The Morgan fingerprint density at radius 3 is 2.64 bits per heavy atom. The van der Waals surface area contributed by atoms with Gasteiger partial charge in [0.25, 0.3) is 5.91 Å². The number of amides is 1. The number of carbonyl (C=O) groups excluding carboxylic acids is 1. The zero-order chi connectivity index (χ0) is 15.5. The Kier molecular flexibility index (Phi) is 3.74. The maximum absolute atomic E-state index is 13.7. The number of benzene rings is 2. The first-order chi connectivity index (χ1) is 10.6. The third-order valence-electron chi connectivity index (χ3n) is 3.33. The SMILES string of the molecule is Cc1ccc(F)c(NC(=O)c2occc2-c2ccccc2)c1. The van der Waals surface area contributed by atoms with E-state index in [9.17, 15) is 9.18 Å². The van der Waals surface area contributed by atoms with Crippen LogP contribution < -0.4 is 5.32 Å². The summed E-state index contributed by atoms with van der Waals surface area (Å²) in [5.74, 6) is -0.799. The summed E-state index contributed by atoms with van der Waals surface area (Å²) in [4.78, 5) is 12.4. The van der Waals surface area contributed by atoms with Crippen molar-refractivity contribution in [3.63, 3.8) is 0 Å². The van der Waals surface area contributed by atoms with Crippen LogP contribution in [0.25, 0.3) is 11.1 Å². The Hall–Kier alpha value is -2.88. The number of hydrogen-bond acceptors (Lipinski definition) is 2. The van der Waals surface area contributed by atoms with E-state index in [1.807, 2.05) is 37.3 Å². The van der Waals surface area contributed by atoms with Gasteiger partial charge in [0.15, 0.2) is 5.76 Å². The van der Waals surface area contributed by atoms with Gasteiger partial charge in [-0.3, -0.25) is 4.79 Å². The zero-order valence-corrected chi connectivity index (χ0v) is 12.0. The number of anilines is 1. The number of furan rings is 1. The van der Waals surface area contributed by atoms with Crippen molar-refractivity contribution in [2.24, 2.45) is 0 Å². The number of halogens is 1. The molecule has 0 bridgehead atoms. The quantitative estimate of drug-likeness (QED) is 0.764. The highest BCUT2D eigenvalue weighted by atomic mass is 19.1. The Morgan fingerprint density at radius 1 is 1.09 bits per heavy atom. The van der Waals surface area contributed by atoms with Crippen molar-refractivity contribution >= 4 is 11.6 Å². The van der Waals surface area contributed by atoms with Crippen molar-refractivity contribution in [1.29, 1.82) is 0 Å². The molecule has 0 aliphatic heterocycles. The lowest BCUT2D eigenvalue weighted by atomic mass is 10.1. The third-order valence-corrected chi connectivity index (χ3v) is 3.33. The van der Waals surface area contributed by atoms with E-state index in [0.29, 0.717) is 5.56 Å². The first-order valence-electron chi connectivity index (χ1n) is 6.85. The largest absolute Gasteiger partial charge is 0.459 e. The molecule has 1 N–H and O–H groups in total. The predicted molar refractivity (Wildman–Crippen MR) is 83.2 cm³/mol. The third kappa shape index (κ3) is 2.76. The molecule has 2 aromatic carbocycles. The second-order valence-corrected chi connectivity index (χ2v) is 4.97. The first-order valence-corrected chi connectivity index (χ1v) is 6.85. The molecule has 0 saturated heterocycles. The zero-order valence-electron chi connectivity index (χ0n) is 12.0. The Morgan fingerprint density at radius 2 is 1.86 bits per heavy atom. The lowest BCUT2D eigenvalue weighted by Crippen LogP contribution is -2.13. The van der Waals surface area contributed by atoms with Gasteiger partial charge in [0.05, 0.1) is 12.0 Å². The van der Waals surface area contributed by atoms with Crippen molar-refractivity contribution in [2.45, 2.75) is 6.92 Å². The molecule has 4 heteroatoms. The summed E-state index contributed by atoms with van der Waals surface area (Å²) in [7, 11) is 0. The fraction of sp³-hybridized carbons (Fsp3) is 0.0556. The average Bonchev–Trinajstić information content (AvgIpc) is 3.01. The summed E-state index contributed by atoms with van der Waals surface area (Å²) < 4.78 is 19.0. The maximum Gasteiger partial charge on any atom is 0.292 e. The van der Waals surface area contributed by atoms with Gasteiger partial charge in [-0.15, -0.1) is 0 Å². The molecule has 0 radical (unpaired) electrons. The van der Waals surface area contributed by atoms with Gasteiger partial charge in [0, 0.05) is 5.56 Å². The van der Waals surface area contributed by atoms with E-state index < -0.39 is 11.7 Å². The summed E-state index contributed by atoms with van der Waals surface area (Å²) in [5.41, 5.74) is 2.54. The second kappa shape index (κ2) is 5.85. The number of carbonyl (C=O) groups is 1. The second-order valence-electron chi connectivity index (χ2n) is 4.97. The van der Waals surface area contributed by atoms with Crippen LogP contribution >= 0.6 is 0 Å². The van der Waals surface area contributed by atoms with Crippen LogP contribution in [0, 0.1) is 12.7 Å². The van der Waals surface area contributed by atoms with Crippen molar-refractivity contribution in [2.75, 3.05) is 5.32 Å². The highest BCUT2D eigenvalue weighted by Gasteiger charge is 2.18. The van der Waals surface area contributed by atoms with E-state index in [0.717, 1.165) is 11.1 Å². The van der Waals surface area contributed by atoms with Crippen molar-refractivity contribution in [1.82, 2.24) is 0 Å². The highest BCUT2D eigenvalue weighted by Crippen LogP contribution is 2.26. The highest BCUT2D eigenvalue weighted by molar-refractivity contribution is 6.06. The monoisotopic (exact) mass is 295 g/mol. The topological polar surface area (TPSA) is 42.2 Å². The molecular weight excluding hydrogens is 281 g/mol. The smallest absolute Gasteiger partial charge is 0.292 e. The Labute approximate surface area is 127 Å². The first kappa shape index (κ1) is 14.1. The molecule has 0 saturated carbocycles. The minimum absolute atomic E-state index is 0.139. The lowest BCUT2D eigenvalue weighted by Gasteiger charge is -2.07. The van der Waals surface area contributed by atoms with Crippen LogP contribution in [0.15, 0.2) is 65.3 Å². The van der Waals surface area contributed by atoms with Crippen molar-refractivity contribution in [3.8, 4) is 11.1 Å². The van der Waals surface area contributed by atoms with Gasteiger partial charge in [0.2, 0.25) is 0 Å². The fourth-order valence-corrected chi connectivity index (χ4v) is 2.24. The summed E-state index contributed by atoms with van der Waals surface area (Å²) in [6.07, 6.45) is 1.45. The van der Waals surface area contributed by atoms with Crippen LogP contribution in [0.1, 0.15) is 16.1 Å². The molecule has 3 nitrogen and oxygen atoms in total. The van der Waals surface area contributed by atoms with E-state index in [1.165, 1.54) is 12.3 Å². The number of aryl methyl sites for hydroxylation is 1. The molecule has 0 spiro atoms. The van der Waals surface area contributed by atoms with E-state index in [4.69, 9.17) is 4.42 Å². The summed E-state index contributed by atoms with van der Waals surface area (Å²) in [6, 6.07) is 15.7. The summed E-state index contributed by atoms with van der Waals surface area (Å²) in [6.45, 7) is 1.83. The van der Waals surface area contributed by atoms with Crippen LogP contribution in [-0.4, -0.2) is 5.91 Å². The molecule has 110 valence electrons. The molecule has 0 unspecified atom stereocenters. The maximum atomic E-state index is 13.7. The summed E-state index contributed by atoms with van der Waals surface area (Å²) >= 11 is 0. The number of nitrogens with one attached hydrogen (secondary N) is 1. The molecule has 3 aromatic rings. The molecule has 3 rings (SSSR count). The molecular formula is C18H14FNO2. The van der Waals surface area contributed by atoms with Crippen LogP contribution in [0.2, 0.25) is 0 Å². The number of rotatable bonds is 3. The minimum atomic E-state index is -0.480. The van der Waals surface area contributed by atoms with Gasteiger partial charge >= 0.3 is 0 Å². The van der Waals surface area contributed by atoms with Crippen molar-refractivity contribution < 1.29 is 13.6 Å². The standard InChI is InChI=1S/C18H14FNO2/c1-12-7-8-15(19)16(11-12)20-18(21)17-14(9-10-22-17)13-5-3-2-4-6-13/h2-11H,1H3,(H,20,21). The van der Waals surface area contributed by atoms with Gasteiger partial charge in [-0.25, -0.2) is 4.39 Å². The minimum Gasteiger partial charge on any atom is -0.459 e. The average molecular weight is 295 g/mol. The van der Waals surface area contributed by atoms with Gasteiger partial charge in [-0.05, 0) is 36.2 Å². The van der Waals surface area contributed by atoms with E-state index in [2.05, 4.69) is 5.32 Å². The van der Waals surface area contributed by atoms with E-state index in [-0.39, 0.29) is 11.4 Å². The van der Waals surface area contributed by atoms with Crippen LogP contribution in [0.4, 0.5) is 10.1 Å². The van der Waals surface area contributed by atoms with Crippen LogP contribution in [0.3, 0.4) is 0 Å². The van der Waals surface area contributed by atoms with Gasteiger partial charge in [0.1, 0.15) is 5.82 Å². The normalized spacial score (nSPS) is 10.5. The predicted octanol–water partition coefficient (Wildman–Crippen LogP) is 4.65. The van der Waals surface area contributed by atoms with Gasteiger partial charge in [-0.2, -0.15) is 0 Å². The molecule has 0 atom stereocenters. The molecule has 1 heterocycles. The van der Waals surface area contributed by atoms with Gasteiger partial charge in [-0.1, -0.05) is 36.4 Å². The molecule has 22 heavy (non-hydrogen) atoms. The Balaban J connectivity index is 1.91. The van der Waals surface area contributed by atoms with Crippen molar-refractivity contribution in [3.05, 3.63) is 78.0 Å².